The number of benzene rings is 1. The molecule has 1 heterocycles. The first-order valence-corrected chi connectivity index (χ1v) is 5.69. The van der Waals surface area contributed by atoms with Gasteiger partial charge >= 0.3 is 5.97 Å². The van der Waals surface area contributed by atoms with Crippen molar-refractivity contribution in [1.82, 2.24) is 0 Å². The molecular weight excluding hydrogens is 244 g/mol. The van der Waals surface area contributed by atoms with Gasteiger partial charge in [-0.3, -0.25) is 4.79 Å². The molecule has 1 aromatic carbocycles. The molecule has 17 heavy (non-hydrogen) atoms. The minimum absolute atomic E-state index is 0.0133. The second-order valence-electron chi connectivity index (χ2n) is 4.17. The summed E-state index contributed by atoms with van der Waals surface area (Å²) in [4.78, 5) is 10.5. The number of aliphatic carboxylic acids is 1. The van der Waals surface area contributed by atoms with E-state index < -0.39 is 11.8 Å². The third-order valence-electron chi connectivity index (χ3n) is 2.67. The van der Waals surface area contributed by atoms with Gasteiger partial charge in [-0.05, 0) is 18.2 Å². The third-order valence-corrected chi connectivity index (χ3v) is 2.91. The number of rotatable bonds is 3. The number of fused-ring (bicyclic) bond motifs is 1. The Balaban J connectivity index is 2.12. The lowest BCUT2D eigenvalue weighted by Crippen LogP contribution is -2.39. The quantitative estimate of drug-likeness (QED) is 0.904. The Hall–Kier alpha value is -1.26. The molecule has 1 aliphatic rings. The van der Waals surface area contributed by atoms with Gasteiger partial charge in [0.25, 0.3) is 0 Å². The fourth-order valence-electron chi connectivity index (χ4n) is 1.71. The lowest BCUT2D eigenvalue weighted by atomic mass is 10.1. The molecule has 4 nitrogen and oxygen atoms in total. The number of hydrogen-bond donors (Lipinski definition) is 1. The Bertz CT molecular complexity index is 446. The first-order valence-electron chi connectivity index (χ1n) is 5.32. The highest BCUT2D eigenvalue weighted by Gasteiger charge is 2.33. The third kappa shape index (κ3) is 2.90. The van der Waals surface area contributed by atoms with Gasteiger partial charge in [-0.1, -0.05) is 11.6 Å². The van der Waals surface area contributed by atoms with Crippen molar-refractivity contribution in [3.63, 3.8) is 0 Å². The minimum Gasteiger partial charge on any atom is -0.481 e. The maximum Gasteiger partial charge on any atom is 0.303 e. The first kappa shape index (κ1) is 12.2. The molecule has 0 spiro atoms. The molecule has 0 radical (unpaired) electrons. The van der Waals surface area contributed by atoms with Crippen LogP contribution in [0, 0.1) is 0 Å². The van der Waals surface area contributed by atoms with Gasteiger partial charge in [-0.15, -0.1) is 0 Å². The summed E-state index contributed by atoms with van der Waals surface area (Å²) in [6.07, 6.45) is 0.323. The molecule has 0 fully saturated rings. The second kappa shape index (κ2) is 4.55. The van der Waals surface area contributed by atoms with Gasteiger partial charge in [-0.2, -0.15) is 0 Å². The summed E-state index contributed by atoms with van der Waals surface area (Å²) in [5.74, 6) is -1.03. The van der Waals surface area contributed by atoms with Gasteiger partial charge in [-0.25, -0.2) is 0 Å². The minimum atomic E-state index is -0.876. The van der Waals surface area contributed by atoms with E-state index in [1.807, 2.05) is 0 Å². The molecule has 1 N–H and O–H groups in total. The van der Waals surface area contributed by atoms with Crippen molar-refractivity contribution in [2.75, 3.05) is 0 Å². The fraction of sp³-hybridized carbons (Fsp3) is 0.417. The van der Waals surface area contributed by atoms with Crippen LogP contribution in [0.3, 0.4) is 0 Å². The molecule has 0 aliphatic carbocycles. The SMILES string of the molecule is CC1(CCC(=O)O)OCc2cc(Cl)ccc2O1. The average molecular weight is 257 g/mol. The maximum atomic E-state index is 10.5. The molecule has 1 aliphatic heterocycles. The van der Waals surface area contributed by atoms with Crippen molar-refractivity contribution in [2.45, 2.75) is 32.2 Å². The summed E-state index contributed by atoms with van der Waals surface area (Å²) in [5, 5.41) is 9.29. The predicted octanol–water partition coefficient (Wildman–Crippen LogP) is 2.83. The van der Waals surface area contributed by atoms with E-state index in [2.05, 4.69) is 0 Å². The van der Waals surface area contributed by atoms with Gasteiger partial charge in [0.15, 0.2) is 0 Å². The van der Waals surface area contributed by atoms with Crippen LogP contribution in [0.2, 0.25) is 5.02 Å². The zero-order chi connectivity index (χ0) is 12.5. The fourth-order valence-corrected chi connectivity index (χ4v) is 1.90. The molecular formula is C12H13ClO4. The van der Waals surface area contributed by atoms with Crippen LogP contribution in [0.1, 0.15) is 25.3 Å². The van der Waals surface area contributed by atoms with Crippen LogP contribution in [-0.4, -0.2) is 16.9 Å². The molecule has 0 bridgehead atoms. The van der Waals surface area contributed by atoms with Crippen LogP contribution in [0.5, 0.6) is 5.75 Å². The summed E-state index contributed by atoms with van der Waals surface area (Å²) in [6, 6.07) is 5.30. The molecule has 0 aromatic heterocycles. The lowest BCUT2D eigenvalue weighted by Gasteiger charge is -2.35. The zero-order valence-corrected chi connectivity index (χ0v) is 10.2. The van der Waals surface area contributed by atoms with E-state index in [0.29, 0.717) is 23.8 Å². The van der Waals surface area contributed by atoms with Gasteiger partial charge in [0.05, 0.1) is 13.0 Å². The van der Waals surface area contributed by atoms with Crippen molar-refractivity contribution in [3.8, 4) is 5.75 Å². The van der Waals surface area contributed by atoms with E-state index >= 15 is 0 Å². The summed E-state index contributed by atoms with van der Waals surface area (Å²) in [7, 11) is 0. The number of halogens is 1. The second-order valence-corrected chi connectivity index (χ2v) is 4.61. The van der Waals surface area contributed by atoms with Crippen LogP contribution in [0.25, 0.3) is 0 Å². The Labute approximate surface area is 104 Å². The van der Waals surface area contributed by atoms with Crippen molar-refractivity contribution in [3.05, 3.63) is 28.8 Å². The maximum absolute atomic E-state index is 10.5. The van der Waals surface area contributed by atoms with E-state index in [4.69, 9.17) is 26.2 Å². The lowest BCUT2D eigenvalue weighted by molar-refractivity contribution is -0.199. The predicted molar refractivity (Wildman–Crippen MR) is 62.1 cm³/mol. The largest absolute Gasteiger partial charge is 0.481 e. The van der Waals surface area contributed by atoms with E-state index in [0.717, 1.165) is 5.56 Å². The molecule has 1 atom stereocenters. The summed E-state index contributed by atoms with van der Waals surface area (Å²) < 4.78 is 11.2. The standard InChI is InChI=1S/C12H13ClO4/c1-12(5-4-11(14)15)16-7-8-6-9(13)2-3-10(8)17-12/h2-3,6H,4-5,7H2,1H3,(H,14,15). The van der Waals surface area contributed by atoms with Crippen molar-refractivity contribution >= 4 is 17.6 Å². The van der Waals surface area contributed by atoms with E-state index in [9.17, 15) is 4.79 Å². The number of carbonyl (C=O) groups is 1. The summed E-state index contributed by atoms with van der Waals surface area (Å²) >= 11 is 5.86. The van der Waals surface area contributed by atoms with E-state index in [1.54, 1.807) is 25.1 Å². The van der Waals surface area contributed by atoms with E-state index in [1.165, 1.54) is 0 Å². The molecule has 0 saturated carbocycles. The van der Waals surface area contributed by atoms with Crippen LogP contribution >= 0.6 is 11.6 Å². The molecule has 5 heteroatoms. The Morgan fingerprint density at radius 1 is 1.59 bits per heavy atom. The van der Waals surface area contributed by atoms with Crippen molar-refractivity contribution < 1.29 is 19.4 Å². The molecule has 92 valence electrons. The van der Waals surface area contributed by atoms with Crippen LogP contribution in [0.4, 0.5) is 0 Å². The van der Waals surface area contributed by atoms with E-state index in [-0.39, 0.29) is 6.42 Å². The van der Waals surface area contributed by atoms with Crippen LogP contribution in [-0.2, 0) is 16.1 Å². The zero-order valence-electron chi connectivity index (χ0n) is 9.40. The molecule has 1 unspecified atom stereocenters. The summed E-state index contributed by atoms with van der Waals surface area (Å²) in [6.45, 7) is 2.12. The molecule has 0 saturated heterocycles. The smallest absolute Gasteiger partial charge is 0.303 e. The molecule has 0 amide bonds. The van der Waals surface area contributed by atoms with Gasteiger partial charge < -0.3 is 14.6 Å². The first-order chi connectivity index (χ1) is 7.98. The molecule has 1 aromatic rings. The number of ether oxygens (including phenoxy) is 2. The number of carboxylic acids is 1. The number of hydrogen-bond acceptors (Lipinski definition) is 3. The van der Waals surface area contributed by atoms with Gasteiger partial charge in [0.1, 0.15) is 5.75 Å². The highest BCUT2D eigenvalue weighted by molar-refractivity contribution is 6.30. The topological polar surface area (TPSA) is 55.8 Å². The highest BCUT2D eigenvalue weighted by atomic mass is 35.5. The van der Waals surface area contributed by atoms with Crippen LogP contribution in [0.15, 0.2) is 18.2 Å². The number of carboxylic acid groups (broad SMARTS) is 1. The van der Waals surface area contributed by atoms with Crippen molar-refractivity contribution in [1.29, 1.82) is 0 Å². The monoisotopic (exact) mass is 256 g/mol. The Morgan fingerprint density at radius 2 is 2.35 bits per heavy atom. The highest BCUT2D eigenvalue weighted by Crippen LogP contribution is 2.35. The Morgan fingerprint density at radius 3 is 3.06 bits per heavy atom. The summed E-state index contributed by atoms with van der Waals surface area (Å²) in [5.41, 5.74) is 0.880. The average Bonchev–Trinajstić information content (AvgIpc) is 2.27. The normalized spacial score (nSPS) is 22.7. The van der Waals surface area contributed by atoms with Crippen molar-refractivity contribution in [2.24, 2.45) is 0 Å². The van der Waals surface area contributed by atoms with Crippen LogP contribution < -0.4 is 4.74 Å². The Kier molecular flexibility index (Phi) is 3.26. The van der Waals surface area contributed by atoms with Gasteiger partial charge in [0.2, 0.25) is 5.79 Å². The van der Waals surface area contributed by atoms with Gasteiger partial charge in [0, 0.05) is 23.9 Å². The molecule has 2 rings (SSSR count).